The summed E-state index contributed by atoms with van der Waals surface area (Å²) in [6, 6.07) is 16.6. The molecule has 3 rings (SSSR count). The number of carbonyl (C=O) groups is 2. The number of esters is 1. The summed E-state index contributed by atoms with van der Waals surface area (Å²) in [5, 5.41) is 1.21. The van der Waals surface area contributed by atoms with Crippen molar-refractivity contribution in [2.75, 3.05) is 18.1 Å². The highest BCUT2D eigenvalue weighted by Crippen LogP contribution is 2.31. The van der Waals surface area contributed by atoms with Crippen molar-refractivity contribution in [1.29, 1.82) is 0 Å². The first-order chi connectivity index (χ1) is 15.8. The van der Waals surface area contributed by atoms with Crippen LogP contribution in [0.2, 0.25) is 15.1 Å². The Kier molecular flexibility index (Phi) is 8.61. The lowest BCUT2D eigenvalue weighted by Crippen LogP contribution is -2.30. The van der Waals surface area contributed by atoms with Crippen molar-refractivity contribution < 1.29 is 19.1 Å². The molecule has 3 aromatic rings. The number of hydrogen-bond donors (Lipinski definition) is 0. The molecule has 1 amide bonds. The summed E-state index contributed by atoms with van der Waals surface area (Å²) in [4.78, 5) is 27.1. The highest BCUT2D eigenvalue weighted by Gasteiger charge is 2.22. The maximum Gasteiger partial charge on any atom is 0.338 e. The summed E-state index contributed by atoms with van der Waals surface area (Å²) >= 11 is 19.1. The molecule has 5 nitrogen and oxygen atoms in total. The average molecular weight is 507 g/mol. The number of amides is 1. The second-order valence-electron chi connectivity index (χ2n) is 6.94. The zero-order valence-electron chi connectivity index (χ0n) is 18.1. The lowest BCUT2D eigenvalue weighted by Gasteiger charge is -2.25. The Bertz CT molecular complexity index is 1130. The van der Waals surface area contributed by atoms with E-state index >= 15 is 0 Å². The van der Waals surface area contributed by atoms with Crippen LogP contribution in [0.15, 0.2) is 60.7 Å². The first-order valence-electron chi connectivity index (χ1n) is 10.3. The highest BCUT2D eigenvalue weighted by atomic mass is 35.5. The molecule has 0 N–H and O–H groups in total. The van der Waals surface area contributed by atoms with Gasteiger partial charge in [-0.05, 0) is 68.4 Å². The maximum absolute atomic E-state index is 13.6. The van der Waals surface area contributed by atoms with Crippen molar-refractivity contribution in [3.05, 3.63) is 92.4 Å². The van der Waals surface area contributed by atoms with Crippen LogP contribution < -0.4 is 9.64 Å². The standard InChI is InChI=1S/C25H22Cl3NO4/c1-3-32-23-13-10-17(14-22(23)28)24(30)29(15-19-20(26)6-5-7-21(19)27)18-11-8-16(9-12-18)25(31)33-4-2/h5-14H,3-4,15H2,1-2H3. The Morgan fingerprint density at radius 3 is 2.03 bits per heavy atom. The molecule has 0 fully saturated rings. The van der Waals surface area contributed by atoms with Crippen molar-refractivity contribution in [2.45, 2.75) is 20.4 Å². The number of hydrogen-bond acceptors (Lipinski definition) is 4. The molecule has 0 aliphatic rings. The fraction of sp³-hybridized carbons (Fsp3) is 0.200. The summed E-state index contributed by atoms with van der Waals surface area (Å²) in [5.41, 5.74) is 1.89. The largest absolute Gasteiger partial charge is 0.492 e. The van der Waals surface area contributed by atoms with Crippen molar-refractivity contribution in [3.8, 4) is 5.75 Å². The van der Waals surface area contributed by atoms with Crippen LogP contribution in [0.5, 0.6) is 5.75 Å². The summed E-state index contributed by atoms with van der Waals surface area (Å²) in [6.45, 7) is 4.43. The van der Waals surface area contributed by atoms with Gasteiger partial charge in [-0.3, -0.25) is 4.79 Å². The first kappa shape index (κ1) is 24.9. The number of nitrogens with zero attached hydrogens (tertiary/aromatic N) is 1. The van der Waals surface area contributed by atoms with Gasteiger partial charge in [0.05, 0.1) is 30.3 Å². The number of anilines is 1. The molecule has 0 saturated heterocycles. The molecule has 8 heteroatoms. The van der Waals surface area contributed by atoms with E-state index in [9.17, 15) is 9.59 Å². The lowest BCUT2D eigenvalue weighted by molar-refractivity contribution is 0.0526. The molecule has 0 saturated carbocycles. The molecule has 3 aromatic carbocycles. The van der Waals surface area contributed by atoms with Crippen molar-refractivity contribution in [3.63, 3.8) is 0 Å². The van der Waals surface area contributed by atoms with Gasteiger partial charge in [-0.15, -0.1) is 0 Å². The van der Waals surface area contributed by atoms with E-state index in [-0.39, 0.29) is 19.1 Å². The van der Waals surface area contributed by atoms with E-state index in [1.54, 1.807) is 67.6 Å². The van der Waals surface area contributed by atoms with Crippen LogP contribution in [0.1, 0.15) is 40.1 Å². The molecule has 33 heavy (non-hydrogen) atoms. The minimum Gasteiger partial charge on any atom is -0.492 e. The third-order valence-electron chi connectivity index (χ3n) is 4.79. The quantitative estimate of drug-likeness (QED) is 0.307. The van der Waals surface area contributed by atoms with Gasteiger partial charge >= 0.3 is 5.97 Å². The van der Waals surface area contributed by atoms with Gasteiger partial charge in [0.2, 0.25) is 0 Å². The Hall–Kier alpha value is -2.73. The van der Waals surface area contributed by atoms with Crippen LogP contribution in [0.25, 0.3) is 0 Å². The first-order valence-corrected chi connectivity index (χ1v) is 11.4. The monoisotopic (exact) mass is 505 g/mol. The van der Waals surface area contributed by atoms with Crippen LogP contribution in [0.3, 0.4) is 0 Å². The van der Waals surface area contributed by atoms with Crippen LogP contribution in [0.4, 0.5) is 5.69 Å². The topological polar surface area (TPSA) is 55.8 Å². The minimum absolute atomic E-state index is 0.112. The van der Waals surface area contributed by atoms with Gasteiger partial charge in [-0.25, -0.2) is 4.79 Å². The van der Waals surface area contributed by atoms with Crippen LogP contribution in [-0.4, -0.2) is 25.1 Å². The molecule has 0 unspecified atom stereocenters. The molecule has 172 valence electrons. The van der Waals surface area contributed by atoms with Crippen LogP contribution in [0, 0.1) is 0 Å². The second kappa shape index (κ2) is 11.4. The van der Waals surface area contributed by atoms with E-state index in [0.717, 1.165) is 0 Å². The van der Waals surface area contributed by atoms with E-state index in [4.69, 9.17) is 44.3 Å². The second-order valence-corrected chi connectivity index (χ2v) is 8.16. The van der Waals surface area contributed by atoms with E-state index in [0.29, 0.717) is 49.8 Å². The number of halogens is 3. The zero-order valence-corrected chi connectivity index (χ0v) is 20.4. The fourth-order valence-corrected chi connectivity index (χ4v) is 3.93. The molecule has 0 heterocycles. The fourth-order valence-electron chi connectivity index (χ4n) is 3.18. The molecule has 0 spiro atoms. The van der Waals surface area contributed by atoms with Crippen LogP contribution in [-0.2, 0) is 11.3 Å². The lowest BCUT2D eigenvalue weighted by atomic mass is 10.1. The van der Waals surface area contributed by atoms with Gasteiger partial charge in [0, 0.05) is 26.9 Å². The normalized spacial score (nSPS) is 10.6. The predicted molar refractivity (Wildman–Crippen MR) is 132 cm³/mol. The molecule has 0 aliphatic carbocycles. The van der Waals surface area contributed by atoms with Crippen molar-refractivity contribution in [1.82, 2.24) is 0 Å². The molecular formula is C25H22Cl3NO4. The summed E-state index contributed by atoms with van der Waals surface area (Å²) < 4.78 is 10.5. The zero-order chi connectivity index (χ0) is 24.0. The van der Waals surface area contributed by atoms with Gasteiger partial charge in [-0.1, -0.05) is 40.9 Å². The summed E-state index contributed by atoms with van der Waals surface area (Å²) in [5.74, 6) is -0.260. The Labute approximate surface area is 207 Å². The van der Waals surface area contributed by atoms with E-state index in [2.05, 4.69) is 0 Å². The number of carbonyl (C=O) groups excluding carboxylic acids is 2. The smallest absolute Gasteiger partial charge is 0.338 e. The molecule has 0 aromatic heterocycles. The van der Waals surface area contributed by atoms with E-state index < -0.39 is 5.97 Å². The number of benzene rings is 3. The average Bonchev–Trinajstić information content (AvgIpc) is 2.80. The van der Waals surface area contributed by atoms with E-state index in [1.165, 1.54) is 4.90 Å². The Balaban J connectivity index is 2.01. The molecule has 0 bridgehead atoms. The molecule has 0 atom stereocenters. The van der Waals surface area contributed by atoms with Gasteiger partial charge in [0.15, 0.2) is 0 Å². The third-order valence-corrected chi connectivity index (χ3v) is 5.80. The minimum atomic E-state index is -0.436. The molecule has 0 aliphatic heterocycles. The summed E-state index contributed by atoms with van der Waals surface area (Å²) in [7, 11) is 0. The SMILES string of the molecule is CCOC(=O)c1ccc(N(Cc2c(Cl)cccc2Cl)C(=O)c2ccc(OCC)c(Cl)c2)cc1. The number of ether oxygens (including phenoxy) is 2. The van der Waals surface area contributed by atoms with Crippen LogP contribution >= 0.6 is 34.8 Å². The Morgan fingerprint density at radius 1 is 0.818 bits per heavy atom. The predicted octanol–water partition coefficient (Wildman–Crippen LogP) is 7.07. The Morgan fingerprint density at radius 2 is 1.45 bits per heavy atom. The van der Waals surface area contributed by atoms with Gasteiger partial charge < -0.3 is 14.4 Å². The van der Waals surface area contributed by atoms with Gasteiger partial charge in [0.25, 0.3) is 5.91 Å². The van der Waals surface area contributed by atoms with Gasteiger partial charge in [-0.2, -0.15) is 0 Å². The highest BCUT2D eigenvalue weighted by molar-refractivity contribution is 6.36. The number of rotatable bonds is 8. The van der Waals surface area contributed by atoms with Crippen molar-refractivity contribution >= 4 is 52.4 Å². The van der Waals surface area contributed by atoms with Crippen molar-refractivity contribution in [2.24, 2.45) is 0 Å². The summed E-state index contributed by atoms with van der Waals surface area (Å²) in [6.07, 6.45) is 0. The third kappa shape index (κ3) is 5.99. The van der Waals surface area contributed by atoms with E-state index in [1.807, 2.05) is 6.92 Å². The molecule has 0 radical (unpaired) electrons. The maximum atomic E-state index is 13.6. The van der Waals surface area contributed by atoms with Gasteiger partial charge in [0.1, 0.15) is 5.75 Å². The molecular weight excluding hydrogens is 485 g/mol.